The van der Waals surface area contributed by atoms with E-state index in [1.54, 1.807) is 6.07 Å². The summed E-state index contributed by atoms with van der Waals surface area (Å²) in [5.74, 6) is -36.3. The molecule has 0 saturated carbocycles. The summed E-state index contributed by atoms with van der Waals surface area (Å²) < 4.78 is 173. The average Bonchev–Trinajstić information content (AvgIpc) is 2.60. The van der Waals surface area contributed by atoms with Crippen LogP contribution < -0.4 is 4.74 Å². The van der Waals surface area contributed by atoms with Crippen LogP contribution in [0.25, 0.3) is 0 Å². The van der Waals surface area contributed by atoms with E-state index >= 15 is 0 Å². The summed E-state index contributed by atoms with van der Waals surface area (Å²) in [6.07, 6.45) is -11.1. The molecule has 14 heteroatoms. The highest BCUT2D eigenvalue weighted by Gasteiger charge is 2.90. The number of hydrogen-bond donors (Lipinski definition) is 0. The molecule has 1 nitrogen and oxygen atoms in total. The van der Waals surface area contributed by atoms with Crippen molar-refractivity contribution in [3.05, 3.63) is 30.3 Å². The standard InChI is InChI=1S/C16H13F13O/c17-11(18,8-4-5-9-30-10-6-2-1-3-7-10)12(19,20)13(21,22)14(23,24)15(25,26)16(27,28)29/h1-3,6-7H,4-5,8-9H2. The van der Waals surface area contributed by atoms with Gasteiger partial charge in [-0.05, 0) is 25.0 Å². The number of alkyl halides is 13. The lowest BCUT2D eigenvalue weighted by Crippen LogP contribution is -2.70. The molecule has 0 heterocycles. The maximum Gasteiger partial charge on any atom is 0.460 e. The van der Waals surface area contributed by atoms with Crippen LogP contribution in [0.3, 0.4) is 0 Å². The van der Waals surface area contributed by atoms with Crippen LogP contribution in [0.1, 0.15) is 19.3 Å². The van der Waals surface area contributed by atoms with Crippen molar-refractivity contribution in [2.24, 2.45) is 0 Å². The molecule has 1 rings (SSSR count). The zero-order chi connectivity index (χ0) is 23.6. The Kier molecular flexibility index (Phi) is 7.26. The van der Waals surface area contributed by atoms with Crippen molar-refractivity contribution < 1.29 is 61.8 Å². The first-order chi connectivity index (χ1) is 13.3. The van der Waals surface area contributed by atoms with Crippen molar-refractivity contribution in [2.45, 2.75) is 55.1 Å². The van der Waals surface area contributed by atoms with Gasteiger partial charge in [0.1, 0.15) is 5.75 Å². The molecule has 1 aromatic rings. The molecule has 30 heavy (non-hydrogen) atoms. The topological polar surface area (TPSA) is 9.23 Å². The Bertz CT molecular complexity index is 682. The van der Waals surface area contributed by atoms with Crippen LogP contribution >= 0.6 is 0 Å². The molecule has 0 aliphatic carbocycles. The molecular weight excluding hydrogens is 455 g/mol. The highest BCUT2D eigenvalue weighted by Crippen LogP contribution is 2.60. The predicted molar refractivity (Wildman–Crippen MR) is 76.6 cm³/mol. The number of rotatable bonds is 10. The van der Waals surface area contributed by atoms with Crippen molar-refractivity contribution in [1.29, 1.82) is 0 Å². The molecule has 0 bridgehead atoms. The van der Waals surface area contributed by atoms with Gasteiger partial charge in [0.2, 0.25) is 0 Å². The lowest BCUT2D eigenvalue weighted by molar-refractivity contribution is -0.440. The van der Waals surface area contributed by atoms with Crippen LogP contribution in [0.5, 0.6) is 5.75 Å². The van der Waals surface area contributed by atoms with E-state index in [9.17, 15) is 57.1 Å². The molecule has 174 valence electrons. The normalized spacial score (nSPS) is 14.7. The van der Waals surface area contributed by atoms with Crippen molar-refractivity contribution >= 4 is 0 Å². The third kappa shape index (κ3) is 4.56. The van der Waals surface area contributed by atoms with Crippen LogP contribution in [0.4, 0.5) is 57.1 Å². The van der Waals surface area contributed by atoms with Gasteiger partial charge >= 0.3 is 35.8 Å². The summed E-state index contributed by atoms with van der Waals surface area (Å²) in [6.45, 7) is -0.385. The molecule has 0 aromatic heterocycles. The lowest BCUT2D eigenvalue weighted by Gasteiger charge is -2.39. The molecule has 0 atom stereocenters. The van der Waals surface area contributed by atoms with Crippen molar-refractivity contribution in [2.75, 3.05) is 6.61 Å². The van der Waals surface area contributed by atoms with E-state index in [0.717, 1.165) is 0 Å². The zero-order valence-corrected chi connectivity index (χ0v) is 14.5. The zero-order valence-electron chi connectivity index (χ0n) is 14.5. The second kappa shape index (κ2) is 8.33. The fourth-order valence-corrected chi connectivity index (χ4v) is 2.11. The third-order valence-electron chi connectivity index (χ3n) is 3.90. The lowest BCUT2D eigenvalue weighted by atomic mass is 9.92. The monoisotopic (exact) mass is 468 g/mol. The number of unbranched alkanes of at least 4 members (excludes halogenated alkanes) is 1. The van der Waals surface area contributed by atoms with Gasteiger partial charge in [-0.1, -0.05) is 18.2 Å². The Labute approximate surface area is 160 Å². The van der Waals surface area contributed by atoms with E-state index < -0.39 is 55.1 Å². The quantitative estimate of drug-likeness (QED) is 0.266. The minimum Gasteiger partial charge on any atom is -0.494 e. The minimum absolute atomic E-state index is 0.232. The second-order valence-electron chi connectivity index (χ2n) is 6.12. The first-order valence-electron chi connectivity index (χ1n) is 7.96. The fraction of sp³-hybridized carbons (Fsp3) is 0.625. The van der Waals surface area contributed by atoms with Gasteiger partial charge in [0.25, 0.3) is 0 Å². The maximum atomic E-state index is 13.5. The SMILES string of the molecule is FC(F)(F)C(F)(F)C(F)(F)C(F)(F)C(F)(F)C(F)(F)CCCCOc1ccccc1. The molecule has 0 aliphatic rings. The van der Waals surface area contributed by atoms with E-state index in [2.05, 4.69) is 0 Å². The molecule has 0 spiro atoms. The van der Waals surface area contributed by atoms with Crippen LogP contribution in [-0.2, 0) is 0 Å². The smallest absolute Gasteiger partial charge is 0.460 e. The maximum absolute atomic E-state index is 13.5. The molecule has 0 aliphatic heterocycles. The molecule has 0 amide bonds. The highest BCUT2D eigenvalue weighted by molar-refractivity contribution is 5.20. The van der Waals surface area contributed by atoms with Gasteiger partial charge in [0.15, 0.2) is 0 Å². The number of hydrogen-bond acceptors (Lipinski definition) is 1. The van der Waals surface area contributed by atoms with Gasteiger partial charge in [-0.25, -0.2) is 0 Å². The molecule has 0 fully saturated rings. The third-order valence-corrected chi connectivity index (χ3v) is 3.90. The van der Waals surface area contributed by atoms with E-state index in [0.29, 0.717) is 0 Å². The van der Waals surface area contributed by atoms with Gasteiger partial charge in [-0.2, -0.15) is 57.1 Å². The Hall–Kier alpha value is -1.89. The van der Waals surface area contributed by atoms with Gasteiger partial charge < -0.3 is 4.74 Å². The largest absolute Gasteiger partial charge is 0.494 e. The summed E-state index contributed by atoms with van der Waals surface area (Å²) in [6, 6.07) is 7.47. The van der Waals surface area contributed by atoms with Crippen LogP contribution in [0.15, 0.2) is 30.3 Å². The molecule has 0 radical (unpaired) electrons. The van der Waals surface area contributed by atoms with E-state index in [1.165, 1.54) is 24.3 Å². The Morgan fingerprint density at radius 3 is 1.50 bits per heavy atom. The van der Waals surface area contributed by atoms with Crippen molar-refractivity contribution in [3.8, 4) is 5.75 Å². The Morgan fingerprint density at radius 2 is 1.03 bits per heavy atom. The summed E-state index contributed by atoms with van der Waals surface area (Å²) in [5, 5.41) is 0. The molecule has 1 aromatic carbocycles. The number of para-hydroxylation sites is 1. The highest BCUT2D eigenvalue weighted by atomic mass is 19.4. The Morgan fingerprint density at radius 1 is 0.567 bits per heavy atom. The van der Waals surface area contributed by atoms with Crippen molar-refractivity contribution in [3.63, 3.8) is 0 Å². The summed E-state index contributed by atoms with van der Waals surface area (Å²) in [5.41, 5.74) is 0. The van der Waals surface area contributed by atoms with Gasteiger partial charge in [-0.15, -0.1) is 0 Å². The molecule has 0 N–H and O–H groups in total. The number of ether oxygens (including phenoxy) is 1. The molecule has 0 saturated heterocycles. The average molecular weight is 468 g/mol. The summed E-state index contributed by atoms with van der Waals surface area (Å²) in [7, 11) is 0. The first-order valence-corrected chi connectivity index (χ1v) is 7.96. The van der Waals surface area contributed by atoms with Crippen LogP contribution in [0, 0.1) is 0 Å². The van der Waals surface area contributed by atoms with E-state index in [4.69, 9.17) is 4.74 Å². The summed E-state index contributed by atoms with van der Waals surface area (Å²) >= 11 is 0. The van der Waals surface area contributed by atoms with Crippen LogP contribution in [-0.4, -0.2) is 42.4 Å². The number of benzene rings is 1. The van der Waals surface area contributed by atoms with Gasteiger partial charge in [0.05, 0.1) is 6.61 Å². The van der Waals surface area contributed by atoms with Gasteiger partial charge in [0, 0.05) is 6.42 Å². The van der Waals surface area contributed by atoms with Gasteiger partial charge in [-0.3, -0.25) is 0 Å². The first kappa shape index (κ1) is 26.1. The fourth-order valence-electron chi connectivity index (χ4n) is 2.11. The number of halogens is 13. The second-order valence-corrected chi connectivity index (χ2v) is 6.12. The summed E-state index contributed by atoms with van der Waals surface area (Å²) in [4.78, 5) is 0. The predicted octanol–water partition coefficient (Wildman–Crippen LogP) is 6.97. The van der Waals surface area contributed by atoms with E-state index in [-0.39, 0.29) is 12.4 Å². The molecule has 0 unspecified atom stereocenters. The Balaban J connectivity index is 2.89. The van der Waals surface area contributed by atoms with E-state index in [1.807, 2.05) is 0 Å². The molecular formula is C16H13F13O. The minimum atomic E-state index is -7.86. The van der Waals surface area contributed by atoms with Crippen molar-refractivity contribution in [1.82, 2.24) is 0 Å². The van der Waals surface area contributed by atoms with Crippen LogP contribution in [0.2, 0.25) is 0 Å².